The van der Waals surface area contributed by atoms with Gasteiger partial charge < -0.3 is 19.1 Å². The van der Waals surface area contributed by atoms with Gasteiger partial charge in [0.25, 0.3) is 0 Å². The monoisotopic (exact) mass is 418 g/mol. The summed E-state index contributed by atoms with van der Waals surface area (Å²) in [6, 6.07) is 3.75. The van der Waals surface area contributed by atoms with Crippen LogP contribution >= 0.6 is 11.6 Å². The first kappa shape index (κ1) is 19.7. The number of halogens is 1. The number of amides is 1. The molecule has 9 heteroatoms. The molecular formula is C20H23ClN4O4. The van der Waals surface area contributed by atoms with Crippen LogP contribution in [-0.4, -0.2) is 50.7 Å². The average Bonchev–Trinajstić information content (AvgIpc) is 2.98. The van der Waals surface area contributed by atoms with Gasteiger partial charge in [0.1, 0.15) is 12.4 Å². The minimum atomic E-state index is -0.222. The van der Waals surface area contributed by atoms with Crippen LogP contribution in [0.15, 0.2) is 24.7 Å². The molecule has 154 valence electrons. The first-order valence-corrected chi connectivity index (χ1v) is 10.2. The molecule has 2 saturated heterocycles. The average molecular weight is 419 g/mol. The van der Waals surface area contributed by atoms with E-state index in [1.165, 1.54) is 6.33 Å². The molecule has 29 heavy (non-hydrogen) atoms. The largest absolute Gasteiger partial charge is 0.474 e. The zero-order valence-electron chi connectivity index (χ0n) is 16.4. The van der Waals surface area contributed by atoms with Crippen molar-refractivity contribution in [2.24, 2.45) is 0 Å². The number of fused-ring (bicyclic) bond motifs is 2. The SMILES string of the molecule is CCOC(=O)N1C2CCC1CC(Oc1ncnc(Oc3cccnc3Cl)c1C)C2. The summed E-state index contributed by atoms with van der Waals surface area (Å²) >= 11 is 6.07. The zero-order chi connectivity index (χ0) is 20.4. The van der Waals surface area contributed by atoms with Crippen molar-refractivity contribution >= 4 is 17.7 Å². The Morgan fingerprint density at radius 3 is 2.62 bits per heavy atom. The highest BCUT2D eigenvalue weighted by atomic mass is 35.5. The number of aromatic nitrogens is 3. The fraction of sp³-hybridized carbons (Fsp3) is 0.500. The van der Waals surface area contributed by atoms with Crippen LogP contribution in [0.3, 0.4) is 0 Å². The third-order valence-electron chi connectivity index (χ3n) is 5.37. The molecule has 2 aliphatic heterocycles. The summed E-state index contributed by atoms with van der Waals surface area (Å²) in [5.41, 5.74) is 0.688. The highest BCUT2D eigenvalue weighted by Crippen LogP contribution is 2.38. The molecule has 2 aliphatic rings. The van der Waals surface area contributed by atoms with E-state index in [4.69, 9.17) is 25.8 Å². The molecule has 4 heterocycles. The Kier molecular flexibility index (Phi) is 5.71. The number of ether oxygens (including phenoxy) is 3. The van der Waals surface area contributed by atoms with Gasteiger partial charge in [0.2, 0.25) is 11.8 Å². The molecule has 2 unspecified atom stereocenters. The van der Waals surface area contributed by atoms with Crippen LogP contribution in [0, 0.1) is 6.92 Å². The highest BCUT2D eigenvalue weighted by molar-refractivity contribution is 6.30. The molecule has 0 aliphatic carbocycles. The molecule has 0 aromatic carbocycles. The van der Waals surface area contributed by atoms with Gasteiger partial charge in [-0.1, -0.05) is 11.6 Å². The Hall–Kier alpha value is -2.61. The van der Waals surface area contributed by atoms with Crippen molar-refractivity contribution in [3.8, 4) is 17.5 Å². The predicted octanol–water partition coefficient (Wildman–Crippen LogP) is 4.16. The molecule has 1 amide bonds. The van der Waals surface area contributed by atoms with Gasteiger partial charge in [-0.25, -0.2) is 19.7 Å². The van der Waals surface area contributed by atoms with Gasteiger partial charge in [-0.05, 0) is 38.8 Å². The molecule has 2 atom stereocenters. The van der Waals surface area contributed by atoms with Gasteiger partial charge in [-0.3, -0.25) is 0 Å². The maximum atomic E-state index is 12.2. The standard InChI is InChI=1S/C20H23ClN4O4/c1-3-27-20(26)25-13-6-7-14(25)10-15(9-13)28-18-12(2)19(24-11-23-18)29-16-5-4-8-22-17(16)21/h4-5,8,11,13-15H,3,6-7,9-10H2,1-2H3. The predicted molar refractivity (Wildman–Crippen MR) is 105 cm³/mol. The summed E-state index contributed by atoms with van der Waals surface area (Å²) in [6.45, 7) is 4.06. The summed E-state index contributed by atoms with van der Waals surface area (Å²) < 4.78 is 17.2. The molecule has 4 rings (SSSR count). The molecule has 0 saturated carbocycles. The van der Waals surface area contributed by atoms with E-state index >= 15 is 0 Å². The number of hydrogen-bond donors (Lipinski definition) is 0. The van der Waals surface area contributed by atoms with E-state index in [1.807, 2.05) is 18.7 Å². The number of piperidine rings is 1. The fourth-order valence-electron chi connectivity index (χ4n) is 4.07. The number of rotatable bonds is 5. The second kappa shape index (κ2) is 8.41. The second-order valence-corrected chi connectivity index (χ2v) is 7.56. The van der Waals surface area contributed by atoms with Crippen LogP contribution in [0.5, 0.6) is 17.5 Å². The highest BCUT2D eigenvalue weighted by Gasteiger charge is 2.45. The minimum absolute atomic E-state index is 0.0263. The summed E-state index contributed by atoms with van der Waals surface area (Å²) in [6.07, 6.45) is 6.20. The lowest BCUT2D eigenvalue weighted by molar-refractivity contribution is 0.0334. The topological polar surface area (TPSA) is 86.7 Å². The van der Waals surface area contributed by atoms with Crippen molar-refractivity contribution < 1.29 is 19.0 Å². The van der Waals surface area contributed by atoms with E-state index in [2.05, 4.69) is 15.0 Å². The van der Waals surface area contributed by atoms with Crippen molar-refractivity contribution in [3.63, 3.8) is 0 Å². The fourth-order valence-corrected chi connectivity index (χ4v) is 4.23. The molecular weight excluding hydrogens is 396 g/mol. The quantitative estimate of drug-likeness (QED) is 0.674. The van der Waals surface area contributed by atoms with Gasteiger partial charge in [0, 0.05) is 31.1 Å². The Bertz CT molecular complexity index is 883. The number of carbonyl (C=O) groups is 1. The van der Waals surface area contributed by atoms with Gasteiger partial charge in [0.15, 0.2) is 10.9 Å². The van der Waals surface area contributed by atoms with Crippen LogP contribution in [0.25, 0.3) is 0 Å². The summed E-state index contributed by atoms with van der Waals surface area (Å²) in [7, 11) is 0. The first-order chi connectivity index (χ1) is 14.1. The third-order valence-corrected chi connectivity index (χ3v) is 5.65. The van der Waals surface area contributed by atoms with Gasteiger partial charge >= 0.3 is 6.09 Å². The van der Waals surface area contributed by atoms with Crippen LogP contribution in [0.4, 0.5) is 4.79 Å². The number of carbonyl (C=O) groups excluding carboxylic acids is 1. The lowest BCUT2D eigenvalue weighted by Gasteiger charge is -2.37. The van der Waals surface area contributed by atoms with Crippen molar-refractivity contribution in [2.45, 2.75) is 57.7 Å². The van der Waals surface area contributed by atoms with E-state index in [-0.39, 0.29) is 29.4 Å². The Labute approximate surface area is 174 Å². The van der Waals surface area contributed by atoms with Gasteiger partial charge in [-0.2, -0.15) is 0 Å². The van der Waals surface area contributed by atoms with E-state index in [0.717, 1.165) is 25.7 Å². The molecule has 2 aromatic rings. The van der Waals surface area contributed by atoms with Crippen molar-refractivity contribution in [1.29, 1.82) is 0 Å². The molecule has 2 fully saturated rings. The van der Waals surface area contributed by atoms with Crippen LogP contribution in [-0.2, 0) is 4.74 Å². The van der Waals surface area contributed by atoms with Gasteiger partial charge in [0.05, 0.1) is 12.2 Å². The number of nitrogens with zero attached hydrogens (tertiary/aromatic N) is 4. The first-order valence-electron chi connectivity index (χ1n) is 9.78. The van der Waals surface area contributed by atoms with Crippen molar-refractivity contribution in [1.82, 2.24) is 19.9 Å². The Morgan fingerprint density at radius 1 is 1.21 bits per heavy atom. The van der Waals surface area contributed by atoms with Crippen LogP contribution in [0.1, 0.15) is 38.2 Å². The number of pyridine rings is 1. The molecule has 2 aromatic heterocycles. The van der Waals surface area contributed by atoms with E-state index < -0.39 is 0 Å². The summed E-state index contributed by atoms with van der Waals surface area (Å²) in [5.74, 6) is 1.27. The van der Waals surface area contributed by atoms with Crippen molar-refractivity contribution in [3.05, 3.63) is 35.4 Å². The van der Waals surface area contributed by atoms with Crippen molar-refractivity contribution in [2.75, 3.05) is 6.61 Å². The zero-order valence-corrected chi connectivity index (χ0v) is 17.1. The maximum absolute atomic E-state index is 12.2. The van der Waals surface area contributed by atoms with E-state index in [1.54, 1.807) is 18.3 Å². The molecule has 8 nitrogen and oxygen atoms in total. The van der Waals surface area contributed by atoms with Gasteiger partial charge in [-0.15, -0.1) is 0 Å². The summed E-state index contributed by atoms with van der Waals surface area (Å²) in [5, 5.41) is 0.260. The van der Waals surface area contributed by atoms with E-state index in [0.29, 0.717) is 29.7 Å². The second-order valence-electron chi connectivity index (χ2n) is 7.21. The molecule has 2 bridgehead atoms. The maximum Gasteiger partial charge on any atom is 0.410 e. The minimum Gasteiger partial charge on any atom is -0.474 e. The Balaban J connectivity index is 1.46. The third kappa shape index (κ3) is 4.07. The van der Waals surface area contributed by atoms with Crippen LogP contribution in [0.2, 0.25) is 5.15 Å². The lowest BCUT2D eigenvalue weighted by atomic mass is 10.0. The lowest BCUT2D eigenvalue weighted by Crippen LogP contribution is -2.49. The van der Waals surface area contributed by atoms with E-state index in [9.17, 15) is 4.79 Å². The summed E-state index contributed by atoms with van der Waals surface area (Å²) in [4.78, 5) is 26.6. The normalized spacial score (nSPS) is 23.0. The Morgan fingerprint density at radius 2 is 1.93 bits per heavy atom. The molecule has 0 spiro atoms. The molecule has 0 N–H and O–H groups in total. The number of hydrogen-bond acceptors (Lipinski definition) is 7. The van der Waals surface area contributed by atoms with Crippen LogP contribution < -0.4 is 9.47 Å². The molecule has 0 radical (unpaired) electrons. The smallest absolute Gasteiger partial charge is 0.410 e.